The summed E-state index contributed by atoms with van der Waals surface area (Å²) in [5.74, 6) is -0.466. The SMILES string of the molecule is CC(N)C1CCCN(C(=O)c2ccc([N+](=O)[O-])c(O)c2)C1.Cl. The van der Waals surface area contributed by atoms with Crippen LogP contribution in [0.5, 0.6) is 5.75 Å². The summed E-state index contributed by atoms with van der Waals surface area (Å²) in [6.45, 7) is 3.14. The number of carbonyl (C=O) groups is 1. The standard InChI is InChI=1S/C14H19N3O4.ClH/c1-9(15)11-3-2-6-16(8-11)14(19)10-4-5-12(17(20)21)13(18)7-10;/h4-5,7,9,11,18H,2-3,6,8,15H2,1H3;1H. The lowest BCUT2D eigenvalue weighted by atomic mass is 9.92. The lowest BCUT2D eigenvalue weighted by Gasteiger charge is -2.34. The third-order valence-electron chi connectivity index (χ3n) is 3.91. The molecule has 0 bridgehead atoms. The molecule has 2 rings (SSSR count). The average Bonchev–Trinajstić information content (AvgIpc) is 2.46. The van der Waals surface area contributed by atoms with Crippen molar-refractivity contribution in [3.8, 4) is 5.75 Å². The first kappa shape index (κ1) is 18.2. The van der Waals surface area contributed by atoms with Gasteiger partial charge in [-0.15, -0.1) is 12.4 Å². The van der Waals surface area contributed by atoms with Gasteiger partial charge in [0.1, 0.15) is 0 Å². The van der Waals surface area contributed by atoms with Gasteiger partial charge in [0.15, 0.2) is 5.75 Å². The number of amides is 1. The van der Waals surface area contributed by atoms with Crippen molar-refractivity contribution in [1.82, 2.24) is 4.90 Å². The van der Waals surface area contributed by atoms with Gasteiger partial charge in [0, 0.05) is 30.8 Å². The maximum absolute atomic E-state index is 12.4. The molecule has 1 amide bonds. The Morgan fingerprint density at radius 3 is 2.77 bits per heavy atom. The van der Waals surface area contributed by atoms with Crippen LogP contribution in [0.1, 0.15) is 30.1 Å². The van der Waals surface area contributed by atoms with Crippen molar-refractivity contribution >= 4 is 24.0 Å². The van der Waals surface area contributed by atoms with Gasteiger partial charge < -0.3 is 15.7 Å². The number of halogens is 1. The maximum Gasteiger partial charge on any atom is 0.310 e. The Morgan fingerprint density at radius 1 is 1.55 bits per heavy atom. The van der Waals surface area contributed by atoms with E-state index >= 15 is 0 Å². The van der Waals surface area contributed by atoms with E-state index in [1.54, 1.807) is 4.90 Å². The van der Waals surface area contributed by atoms with Crippen LogP contribution in [-0.2, 0) is 0 Å². The van der Waals surface area contributed by atoms with E-state index in [0.717, 1.165) is 25.0 Å². The van der Waals surface area contributed by atoms with Crippen molar-refractivity contribution < 1.29 is 14.8 Å². The molecule has 1 aliphatic rings. The molecule has 122 valence electrons. The highest BCUT2D eigenvalue weighted by atomic mass is 35.5. The van der Waals surface area contributed by atoms with Crippen LogP contribution in [-0.4, -0.2) is 40.0 Å². The number of nitrogens with two attached hydrogens (primary N) is 1. The second-order valence-corrected chi connectivity index (χ2v) is 5.47. The van der Waals surface area contributed by atoms with Gasteiger partial charge >= 0.3 is 5.69 Å². The van der Waals surface area contributed by atoms with E-state index in [9.17, 15) is 20.0 Å². The smallest absolute Gasteiger partial charge is 0.310 e. The molecule has 1 heterocycles. The number of benzene rings is 1. The minimum atomic E-state index is -0.684. The lowest BCUT2D eigenvalue weighted by Crippen LogP contribution is -2.45. The van der Waals surface area contributed by atoms with Crippen LogP contribution in [0.4, 0.5) is 5.69 Å². The number of hydrogen-bond donors (Lipinski definition) is 2. The molecule has 1 aromatic rings. The Morgan fingerprint density at radius 2 is 2.23 bits per heavy atom. The van der Waals surface area contributed by atoms with E-state index in [-0.39, 0.29) is 35.8 Å². The van der Waals surface area contributed by atoms with Crippen molar-refractivity contribution in [3.05, 3.63) is 33.9 Å². The fraction of sp³-hybridized carbons (Fsp3) is 0.500. The van der Waals surface area contributed by atoms with E-state index in [1.165, 1.54) is 6.07 Å². The zero-order chi connectivity index (χ0) is 15.6. The van der Waals surface area contributed by atoms with Gasteiger partial charge in [-0.1, -0.05) is 0 Å². The molecular weight excluding hydrogens is 310 g/mol. The van der Waals surface area contributed by atoms with Gasteiger partial charge in [0.05, 0.1) is 4.92 Å². The number of nitrogens with zero attached hydrogens (tertiary/aromatic N) is 2. The highest BCUT2D eigenvalue weighted by Gasteiger charge is 2.27. The Bertz CT molecular complexity index is 565. The molecule has 2 unspecified atom stereocenters. The summed E-state index contributed by atoms with van der Waals surface area (Å²) in [4.78, 5) is 24.1. The summed E-state index contributed by atoms with van der Waals surface area (Å²) in [7, 11) is 0. The van der Waals surface area contributed by atoms with E-state index in [1.807, 2.05) is 6.92 Å². The number of nitro benzene ring substituents is 1. The number of carbonyl (C=O) groups excluding carboxylic acids is 1. The molecule has 22 heavy (non-hydrogen) atoms. The minimum Gasteiger partial charge on any atom is -0.502 e. The lowest BCUT2D eigenvalue weighted by molar-refractivity contribution is -0.385. The van der Waals surface area contributed by atoms with Crippen molar-refractivity contribution in [2.45, 2.75) is 25.8 Å². The summed E-state index contributed by atoms with van der Waals surface area (Å²) in [5.41, 5.74) is 5.74. The van der Waals surface area contributed by atoms with Crippen molar-refractivity contribution in [3.63, 3.8) is 0 Å². The maximum atomic E-state index is 12.4. The first-order valence-electron chi connectivity index (χ1n) is 6.92. The first-order valence-corrected chi connectivity index (χ1v) is 6.92. The summed E-state index contributed by atoms with van der Waals surface area (Å²) in [6.07, 6.45) is 1.88. The fourth-order valence-electron chi connectivity index (χ4n) is 2.62. The number of piperidine rings is 1. The molecule has 0 aromatic heterocycles. The molecule has 2 atom stereocenters. The molecule has 7 nitrogen and oxygen atoms in total. The van der Waals surface area contributed by atoms with Crippen LogP contribution < -0.4 is 5.73 Å². The minimum absolute atomic E-state index is 0. The van der Waals surface area contributed by atoms with E-state index in [2.05, 4.69) is 0 Å². The Hall–Kier alpha value is -1.86. The van der Waals surface area contributed by atoms with Gasteiger partial charge in [-0.25, -0.2) is 0 Å². The Labute approximate surface area is 134 Å². The van der Waals surface area contributed by atoms with E-state index in [4.69, 9.17) is 5.73 Å². The number of nitro groups is 1. The monoisotopic (exact) mass is 329 g/mol. The predicted octanol–water partition coefficient (Wildman–Crippen LogP) is 1.92. The number of phenolic OH excluding ortho intramolecular Hbond substituents is 1. The molecule has 8 heteroatoms. The Kier molecular flexibility index (Phi) is 6.13. The number of phenols is 1. The van der Waals surface area contributed by atoms with Crippen LogP contribution >= 0.6 is 12.4 Å². The molecule has 1 aliphatic heterocycles. The number of likely N-dealkylation sites (tertiary alicyclic amines) is 1. The molecule has 3 N–H and O–H groups in total. The normalized spacial score (nSPS) is 19.2. The van der Waals surface area contributed by atoms with Crippen molar-refractivity contribution in [2.75, 3.05) is 13.1 Å². The molecule has 1 saturated heterocycles. The van der Waals surface area contributed by atoms with Crippen LogP contribution in [0, 0.1) is 16.0 Å². The van der Waals surface area contributed by atoms with Gasteiger partial charge in [0.2, 0.25) is 0 Å². The number of hydrogen-bond acceptors (Lipinski definition) is 5. The summed E-state index contributed by atoms with van der Waals surface area (Å²) in [6, 6.07) is 3.69. The molecular formula is C14H20ClN3O4. The summed E-state index contributed by atoms with van der Waals surface area (Å²) in [5, 5.41) is 20.3. The Balaban J connectivity index is 0.00000242. The van der Waals surface area contributed by atoms with Gasteiger partial charge in [0.25, 0.3) is 5.91 Å². The summed E-state index contributed by atoms with van der Waals surface area (Å²) < 4.78 is 0. The van der Waals surface area contributed by atoms with Crippen molar-refractivity contribution in [2.24, 2.45) is 11.7 Å². The van der Waals surface area contributed by atoms with Crippen LogP contribution in [0.25, 0.3) is 0 Å². The zero-order valence-electron chi connectivity index (χ0n) is 12.3. The number of rotatable bonds is 3. The molecule has 0 spiro atoms. The quantitative estimate of drug-likeness (QED) is 0.650. The molecule has 0 aliphatic carbocycles. The molecule has 0 radical (unpaired) electrons. The topological polar surface area (TPSA) is 110 Å². The average molecular weight is 330 g/mol. The van der Waals surface area contributed by atoms with Gasteiger partial charge in [-0.3, -0.25) is 14.9 Å². The second kappa shape index (κ2) is 7.42. The molecule has 1 aromatic carbocycles. The van der Waals surface area contributed by atoms with Crippen molar-refractivity contribution in [1.29, 1.82) is 0 Å². The van der Waals surface area contributed by atoms with Gasteiger partial charge in [-0.2, -0.15) is 0 Å². The van der Waals surface area contributed by atoms with E-state index in [0.29, 0.717) is 13.1 Å². The zero-order valence-corrected chi connectivity index (χ0v) is 13.1. The third-order valence-corrected chi connectivity index (χ3v) is 3.91. The highest BCUT2D eigenvalue weighted by Crippen LogP contribution is 2.28. The molecule has 0 saturated carbocycles. The second-order valence-electron chi connectivity index (χ2n) is 5.47. The summed E-state index contributed by atoms with van der Waals surface area (Å²) >= 11 is 0. The first-order chi connectivity index (χ1) is 9.90. The fourth-order valence-corrected chi connectivity index (χ4v) is 2.62. The third kappa shape index (κ3) is 3.86. The van der Waals surface area contributed by atoms with Crippen LogP contribution in [0.15, 0.2) is 18.2 Å². The molecule has 1 fully saturated rings. The van der Waals surface area contributed by atoms with Gasteiger partial charge in [-0.05, 0) is 37.8 Å². The number of aromatic hydroxyl groups is 1. The van der Waals surface area contributed by atoms with Crippen LogP contribution in [0.2, 0.25) is 0 Å². The largest absolute Gasteiger partial charge is 0.502 e. The van der Waals surface area contributed by atoms with Crippen LogP contribution in [0.3, 0.4) is 0 Å². The highest BCUT2D eigenvalue weighted by molar-refractivity contribution is 5.95. The predicted molar refractivity (Wildman–Crippen MR) is 84.3 cm³/mol. The van der Waals surface area contributed by atoms with E-state index < -0.39 is 16.4 Å².